The van der Waals surface area contributed by atoms with Crippen LogP contribution in [0.1, 0.15) is 17.5 Å². The molecule has 0 fully saturated rings. The Morgan fingerprint density at radius 2 is 0.978 bits per heavy atom. The van der Waals surface area contributed by atoms with E-state index in [1.807, 2.05) is 0 Å². The molecule has 2 aliphatic rings. The topological polar surface area (TPSA) is 0 Å². The number of halogens is 2. The molecule has 6 aromatic carbocycles. The van der Waals surface area contributed by atoms with Gasteiger partial charge in [0.1, 0.15) is 0 Å². The van der Waals surface area contributed by atoms with E-state index in [2.05, 4.69) is 170 Å². The number of hydrogen-bond donors (Lipinski definition) is 0. The van der Waals surface area contributed by atoms with Crippen molar-refractivity contribution in [1.29, 1.82) is 0 Å². The normalized spacial score (nSPS) is 13.2. The van der Waals surface area contributed by atoms with Crippen LogP contribution in [0.15, 0.2) is 173 Å². The second-order valence-electron chi connectivity index (χ2n) is 12.3. The predicted molar refractivity (Wildman–Crippen MR) is 201 cm³/mol. The summed E-state index contributed by atoms with van der Waals surface area (Å²) in [5.74, 6) is 0. The van der Waals surface area contributed by atoms with Crippen molar-refractivity contribution in [2.75, 3.05) is 0 Å². The molecular weight excluding hydrogens is 679 g/mol. The van der Waals surface area contributed by atoms with Gasteiger partial charge in [0.2, 0.25) is 0 Å². The minimum absolute atomic E-state index is 0. The molecule has 0 saturated carbocycles. The standard InChI is InChI=1S/C13H9.2C12H9.C5H5.CH2.2ClH.Zr/c1-3-7-12-10(5-1)9-11-6-2-4-8-13(11)12;2*1-3-7-11(8-4-1)12-9-5-2-6-10-12;1-2-4-5-3-1;;;;/h1-5,7-8H,9H2;2*1,3-10H;1-3H,4H2;1H2;2*1H;. The summed E-state index contributed by atoms with van der Waals surface area (Å²) in [6.07, 6.45) is 8.86. The number of allylic oxidation sites excluding steroid dienone is 4. The molecule has 2 aliphatic carbocycles. The predicted octanol–water partition coefficient (Wildman–Crippen LogP) is 9.68. The Morgan fingerprint density at radius 3 is 1.52 bits per heavy atom. The fraction of sp³-hybridized carbons (Fsp3) is 0.0465. The van der Waals surface area contributed by atoms with Crippen molar-refractivity contribution < 1.29 is 18.3 Å². The third-order valence-electron chi connectivity index (χ3n) is 10.2. The quantitative estimate of drug-likeness (QED) is 0.161. The van der Waals surface area contributed by atoms with Crippen LogP contribution in [0.2, 0.25) is 0 Å². The second kappa shape index (κ2) is 12.7. The zero-order chi connectivity index (χ0) is 29.6. The van der Waals surface area contributed by atoms with E-state index >= 15 is 0 Å². The van der Waals surface area contributed by atoms with E-state index in [1.165, 1.54) is 57.6 Å². The summed E-state index contributed by atoms with van der Waals surface area (Å²) in [6.45, 7) is 0. The van der Waals surface area contributed by atoms with Gasteiger partial charge in [-0.15, -0.1) is 24.8 Å². The van der Waals surface area contributed by atoms with Gasteiger partial charge in [-0.2, -0.15) is 0 Å². The Labute approximate surface area is 285 Å². The van der Waals surface area contributed by atoms with Crippen LogP contribution in [0.25, 0.3) is 33.4 Å². The first-order chi connectivity index (χ1) is 21.6. The SMILES string of the molecule is Cl.Cl.[CH2]=[Zr]([C]1=CC=CC1)([c]1ccc(-c2ccccc2)cc1)([c]1ccc(-c2ccccc2)cc1)[c]1cccc2c1Cc1ccccc1-2. The van der Waals surface area contributed by atoms with E-state index in [0.29, 0.717) is 0 Å². The van der Waals surface area contributed by atoms with Crippen LogP contribution < -0.4 is 9.81 Å². The molecule has 0 radical (unpaired) electrons. The molecule has 0 aliphatic heterocycles. The molecular formula is C43H36Cl2Zr. The molecule has 0 bridgehead atoms. The van der Waals surface area contributed by atoms with Crippen LogP contribution in [0.5, 0.6) is 0 Å². The van der Waals surface area contributed by atoms with Crippen molar-refractivity contribution in [3.8, 4) is 33.4 Å². The molecule has 0 amide bonds. The van der Waals surface area contributed by atoms with E-state index in [-0.39, 0.29) is 24.8 Å². The van der Waals surface area contributed by atoms with Gasteiger partial charge in [0.05, 0.1) is 0 Å². The number of hydrogen-bond acceptors (Lipinski definition) is 0. The zero-order valence-electron chi connectivity index (χ0n) is 25.6. The van der Waals surface area contributed by atoms with Crippen LogP contribution in [-0.4, -0.2) is 4.21 Å². The molecule has 46 heavy (non-hydrogen) atoms. The Bertz CT molecular complexity index is 2050. The fourth-order valence-electron chi connectivity index (χ4n) is 7.87. The van der Waals surface area contributed by atoms with Crippen LogP contribution in [-0.2, 0) is 24.7 Å². The van der Waals surface area contributed by atoms with Gasteiger partial charge in [-0.05, 0) is 0 Å². The molecule has 3 heteroatoms. The Hall–Kier alpha value is -3.87. The van der Waals surface area contributed by atoms with Crippen molar-refractivity contribution in [2.24, 2.45) is 0 Å². The average molecular weight is 715 g/mol. The van der Waals surface area contributed by atoms with Crippen molar-refractivity contribution in [2.45, 2.75) is 12.8 Å². The maximum atomic E-state index is 5.64. The van der Waals surface area contributed by atoms with E-state index in [4.69, 9.17) is 4.21 Å². The summed E-state index contributed by atoms with van der Waals surface area (Å²) in [4.78, 5) is 0. The summed E-state index contributed by atoms with van der Waals surface area (Å²) in [5.41, 5.74) is 10.6. The first-order valence-electron chi connectivity index (χ1n) is 15.6. The zero-order valence-corrected chi connectivity index (χ0v) is 29.7. The summed E-state index contributed by atoms with van der Waals surface area (Å²) < 4.78 is 11.4. The first-order valence-corrected chi connectivity index (χ1v) is 22.2. The van der Waals surface area contributed by atoms with Crippen LogP contribution in [0.3, 0.4) is 0 Å². The van der Waals surface area contributed by atoms with Crippen molar-refractivity contribution in [3.63, 3.8) is 0 Å². The van der Waals surface area contributed by atoms with Gasteiger partial charge in [0.15, 0.2) is 0 Å². The minimum atomic E-state index is -4.76. The molecule has 0 nitrogen and oxygen atoms in total. The number of rotatable bonds is 6. The number of fused-ring (bicyclic) bond motifs is 3. The van der Waals surface area contributed by atoms with Crippen LogP contribution in [0.4, 0.5) is 0 Å². The van der Waals surface area contributed by atoms with Crippen molar-refractivity contribution in [3.05, 3.63) is 184 Å². The van der Waals surface area contributed by atoms with Crippen molar-refractivity contribution >= 4 is 38.8 Å². The van der Waals surface area contributed by atoms with Gasteiger partial charge in [0, 0.05) is 0 Å². The van der Waals surface area contributed by atoms with Gasteiger partial charge in [-0.1, -0.05) is 0 Å². The third kappa shape index (κ3) is 4.89. The maximum absolute atomic E-state index is 5.64. The second-order valence-corrected chi connectivity index (χ2v) is 25.2. The van der Waals surface area contributed by atoms with Crippen molar-refractivity contribution in [1.82, 2.24) is 0 Å². The van der Waals surface area contributed by atoms with E-state index < -0.39 is 18.3 Å². The van der Waals surface area contributed by atoms with Crippen LogP contribution in [0, 0.1) is 0 Å². The number of benzene rings is 6. The molecule has 0 atom stereocenters. The molecule has 226 valence electrons. The van der Waals surface area contributed by atoms with E-state index in [9.17, 15) is 0 Å². The van der Waals surface area contributed by atoms with Gasteiger partial charge in [0.25, 0.3) is 0 Å². The summed E-state index contributed by atoms with van der Waals surface area (Å²) >= 11 is -4.76. The Kier molecular flexibility index (Phi) is 8.88. The van der Waals surface area contributed by atoms with E-state index in [1.54, 1.807) is 0 Å². The average Bonchev–Trinajstić information content (AvgIpc) is 3.79. The first kappa shape index (κ1) is 32.1. The van der Waals surface area contributed by atoms with Gasteiger partial charge >= 0.3 is 263 Å². The van der Waals surface area contributed by atoms with Crippen LogP contribution >= 0.6 is 24.8 Å². The molecule has 6 aromatic rings. The summed E-state index contributed by atoms with van der Waals surface area (Å²) in [5, 5.41) is 0. The van der Waals surface area contributed by atoms with Gasteiger partial charge in [-0.3, -0.25) is 0 Å². The molecule has 8 rings (SSSR count). The van der Waals surface area contributed by atoms with Gasteiger partial charge in [-0.25, -0.2) is 0 Å². The summed E-state index contributed by atoms with van der Waals surface area (Å²) in [7, 11) is 0. The Morgan fingerprint density at radius 1 is 0.478 bits per heavy atom. The Balaban J connectivity index is 0.00000186. The molecule has 0 N–H and O–H groups in total. The third-order valence-corrected chi connectivity index (χ3v) is 26.6. The molecule has 0 spiro atoms. The molecule has 0 heterocycles. The van der Waals surface area contributed by atoms with E-state index in [0.717, 1.165) is 12.8 Å². The summed E-state index contributed by atoms with van der Waals surface area (Å²) in [6, 6.07) is 56.3. The van der Waals surface area contributed by atoms with Gasteiger partial charge < -0.3 is 0 Å². The molecule has 0 aromatic heterocycles. The molecule has 0 saturated heterocycles. The molecule has 0 unspecified atom stereocenters. The monoisotopic (exact) mass is 712 g/mol. The fourth-order valence-corrected chi connectivity index (χ4v) is 23.2.